The summed E-state index contributed by atoms with van der Waals surface area (Å²) in [6.45, 7) is 2.10. The predicted molar refractivity (Wildman–Crippen MR) is 127 cm³/mol. The van der Waals surface area contributed by atoms with Crippen molar-refractivity contribution in [2.75, 3.05) is 13.2 Å². The van der Waals surface area contributed by atoms with Crippen LogP contribution in [0.2, 0.25) is 0 Å². The van der Waals surface area contributed by atoms with Crippen LogP contribution in [-0.4, -0.2) is 52.9 Å². The highest BCUT2D eigenvalue weighted by molar-refractivity contribution is 4.90. The fourth-order valence-corrected chi connectivity index (χ4v) is 4.21. The van der Waals surface area contributed by atoms with Gasteiger partial charge >= 0.3 is 0 Å². The highest BCUT2D eigenvalue weighted by Gasteiger charge is 2.40. The number of allylic oxidation sites excluding steroid dienone is 1. The summed E-state index contributed by atoms with van der Waals surface area (Å²) in [7, 11) is 0. The third-order valence-corrected chi connectivity index (χ3v) is 6.31. The van der Waals surface area contributed by atoms with Crippen LogP contribution in [-0.2, 0) is 9.47 Å². The van der Waals surface area contributed by atoms with Gasteiger partial charge < -0.3 is 24.8 Å². The minimum Gasteiger partial charge on any atom is -0.493 e. The molecule has 0 spiro atoms. The molecule has 5 heteroatoms. The van der Waals surface area contributed by atoms with Crippen LogP contribution in [0.1, 0.15) is 116 Å². The normalized spacial score (nSPS) is 22.4. The zero-order valence-corrected chi connectivity index (χ0v) is 20.1. The molecule has 0 saturated carbocycles. The van der Waals surface area contributed by atoms with E-state index in [1.807, 2.05) is 6.08 Å². The molecule has 184 valence electrons. The van der Waals surface area contributed by atoms with Crippen LogP contribution in [0, 0.1) is 0 Å². The maximum Gasteiger partial charge on any atom is 0.149 e. The lowest BCUT2D eigenvalue weighted by molar-refractivity contribution is -0.0737. The Morgan fingerprint density at radius 3 is 1.71 bits per heavy atom. The summed E-state index contributed by atoms with van der Waals surface area (Å²) < 4.78 is 10.8. The summed E-state index contributed by atoms with van der Waals surface area (Å²) in [6, 6.07) is 0. The third-order valence-electron chi connectivity index (χ3n) is 6.31. The second kappa shape index (κ2) is 20.0. The number of ether oxygens (including phenoxy) is 2. The fourth-order valence-electron chi connectivity index (χ4n) is 4.21. The molecular weight excluding hydrogens is 392 g/mol. The Kier molecular flexibility index (Phi) is 18.3. The molecular formula is C26H50O5. The van der Waals surface area contributed by atoms with E-state index in [0.717, 1.165) is 12.8 Å². The van der Waals surface area contributed by atoms with Crippen molar-refractivity contribution in [3.63, 3.8) is 0 Å². The van der Waals surface area contributed by atoms with E-state index in [-0.39, 0.29) is 13.2 Å². The first-order valence-electron chi connectivity index (χ1n) is 13.1. The molecule has 5 nitrogen and oxygen atoms in total. The Morgan fingerprint density at radius 2 is 1.29 bits per heavy atom. The van der Waals surface area contributed by atoms with Gasteiger partial charge in [0, 0.05) is 0 Å². The first-order chi connectivity index (χ1) is 15.2. The van der Waals surface area contributed by atoms with Gasteiger partial charge in [0.25, 0.3) is 0 Å². The van der Waals surface area contributed by atoms with Gasteiger partial charge in [0.1, 0.15) is 24.4 Å². The van der Waals surface area contributed by atoms with E-state index in [4.69, 9.17) is 9.47 Å². The number of aliphatic hydroxyl groups is 3. The van der Waals surface area contributed by atoms with Crippen LogP contribution < -0.4 is 0 Å². The standard InChI is InChI=1S/C26H50O5/c1-2-3-4-5-6-7-8-9-10-11-12-13-14-15-16-17-18-19-20-30-24(21-27)26-25(29)23(28)22-31-26/h19-20,23-29H,2-18,21-22H2,1H3/b20-19+/t23-,24+,25-,26-/m0/s1. The topological polar surface area (TPSA) is 79.2 Å². The van der Waals surface area contributed by atoms with Crippen LogP contribution in [0.4, 0.5) is 0 Å². The van der Waals surface area contributed by atoms with Crippen molar-refractivity contribution in [3.05, 3.63) is 12.3 Å². The second-order valence-electron chi connectivity index (χ2n) is 9.18. The van der Waals surface area contributed by atoms with Crippen molar-refractivity contribution >= 4 is 0 Å². The van der Waals surface area contributed by atoms with Gasteiger partial charge in [0.15, 0.2) is 0 Å². The molecule has 1 saturated heterocycles. The van der Waals surface area contributed by atoms with E-state index in [2.05, 4.69) is 6.92 Å². The lowest BCUT2D eigenvalue weighted by Gasteiger charge is -2.23. The molecule has 0 amide bonds. The molecule has 0 aromatic carbocycles. The average Bonchev–Trinajstić information content (AvgIpc) is 3.11. The molecule has 0 unspecified atom stereocenters. The Bertz CT molecular complexity index is 415. The molecule has 1 fully saturated rings. The number of rotatable bonds is 21. The predicted octanol–water partition coefficient (Wildman–Crippen LogP) is 5.65. The molecule has 31 heavy (non-hydrogen) atoms. The van der Waals surface area contributed by atoms with Crippen molar-refractivity contribution in [1.82, 2.24) is 0 Å². The summed E-state index contributed by atoms with van der Waals surface area (Å²) in [4.78, 5) is 0. The van der Waals surface area contributed by atoms with Gasteiger partial charge in [-0.15, -0.1) is 0 Å². The van der Waals surface area contributed by atoms with E-state index in [0.29, 0.717) is 0 Å². The molecule has 0 bridgehead atoms. The summed E-state index contributed by atoms with van der Waals surface area (Å²) in [5.41, 5.74) is 0. The van der Waals surface area contributed by atoms with Gasteiger partial charge in [0.2, 0.25) is 0 Å². The van der Waals surface area contributed by atoms with Crippen molar-refractivity contribution in [2.45, 2.75) is 140 Å². The Morgan fingerprint density at radius 1 is 0.806 bits per heavy atom. The van der Waals surface area contributed by atoms with E-state index in [9.17, 15) is 15.3 Å². The highest BCUT2D eigenvalue weighted by atomic mass is 16.6. The number of hydrogen-bond acceptors (Lipinski definition) is 5. The van der Waals surface area contributed by atoms with Gasteiger partial charge in [-0.25, -0.2) is 0 Å². The Balaban J connectivity index is 1.83. The van der Waals surface area contributed by atoms with Crippen LogP contribution in [0.15, 0.2) is 12.3 Å². The van der Waals surface area contributed by atoms with Gasteiger partial charge in [-0.1, -0.05) is 103 Å². The molecule has 0 aromatic heterocycles. The summed E-state index contributed by atoms with van der Waals surface area (Å²) in [6.07, 6.45) is 23.2. The van der Waals surface area contributed by atoms with Crippen molar-refractivity contribution in [1.29, 1.82) is 0 Å². The molecule has 1 heterocycles. The van der Waals surface area contributed by atoms with E-state index < -0.39 is 24.4 Å². The monoisotopic (exact) mass is 442 g/mol. The molecule has 1 aliphatic heterocycles. The van der Waals surface area contributed by atoms with Crippen molar-refractivity contribution in [2.24, 2.45) is 0 Å². The third kappa shape index (κ3) is 14.2. The molecule has 0 aliphatic carbocycles. The minimum absolute atomic E-state index is 0.0780. The molecule has 0 aromatic rings. The molecule has 1 aliphatic rings. The lowest BCUT2D eigenvalue weighted by atomic mass is 10.0. The smallest absolute Gasteiger partial charge is 0.149 e. The number of hydrogen-bond donors (Lipinski definition) is 3. The van der Waals surface area contributed by atoms with E-state index >= 15 is 0 Å². The zero-order valence-electron chi connectivity index (χ0n) is 20.1. The molecule has 1 rings (SSSR count). The first-order valence-corrected chi connectivity index (χ1v) is 13.1. The molecule has 4 atom stereocenters. The van der Waals surface area contributed by atoms with Gasteiger partial charge in [-0.3, -0.25) is 0 Å². The fraction of sp³-hybridized carbons (Fsp3) is 0.923. The van der Waals surface area contributed by atoms with Gasteiger partial charge in [-0.05, 0) is 18.9 Å². The van der Waals surface area contributed by atoms with Crippen LogP contribution in [0.3, 0.4) is 0 Å². The zero-order chi connectivity index (χ0) is 22.6. The lowest BCUT2D eigenvalue weighted by Crippen LogP contribution is -2.41. The van der Waals surface area contributed by atoms with Crippen LogP contribution in [0.5, 0.6) is 0 Å². The van der Waals surface area contributed by atoms with Gasteiger partial charge in [-0.2, -0.15) is 0 Å². The number of aliphatic hydroxyl groups excluding tert-OH is 3. The second-order valence-corrected chi connectivity index (χ2v) is 9.18. The Hall–Kier alpha value is -0.620. The molecule has 0 radical (unpaired) electrons. The largest absolute Gasteiger partial charge is 0.493 e. The van der Waals surface area contributed by atoms with Crippen molar-refractivity contribution < 1.29 is 24.8 Å². The SMILES string of the molecule is CCCCCCCCCCCCCCCCCC/C=C/O[C@H](CO)[C@@H]1OC[C@H](O)[C@@H]1O. The maximum atomic E-state index is 9.83. The van der Waals surface area contributed by atoms with Crippen LogP contribution >= 0.6 is 0 Å². The van der Waals surface area contributed by atoms with Crippen LogP contribution in [0.25, 0.3) is 0 Å². The highest BCUT2D eigenvalue weighted by Crippen LogP contribution is 2.20. The minimum atomic E-state index is -1.01. The Labute approximate surface area is 191 Å². The number of unbranched alkanes of at least 4 members (excludes halogenated alkanes) is 16. The maximum absolute atomic E-state index is 9.83. The summed E-state index contributed by atoms with van der Waals surface area (Å²) >= 11 is 0. The summed E-state index contributed by atoms with van der Waals surface area (Å²) in [5, 5.41) is 28.8. The average molecular weight is 443 g/mol. The molecule has 3 N–H and O–H groups in total. The first kappa shape index (κ1) is 28.4. The van der Waals surface area contributed by atoms with Gasteiger partial charge in [0.05, 0.1) is 19.5 Å². The quantitative estimate of drug-likeness (QED) is 0.158. The van der Waals surface area contributed by atoms with Crippen molar-refractivity contribution in [3.8, 4) is 0 Å². The van der Waals surface area contributed by atoms with E-state index in [1.54, 1.807) is 6.26 Å². The van der Waals surface area contributed by atoms with E-state index in [1.165, 1.54) is 96.3 Å². The summed E-state index contributed by atoms with van der Waals surface area (Å²) in [5.74, 6) is 0.